The Morgan fingerprint density at radius 3 is 2.62 bits per heavy atom. The Morgan fingerprint density at radius 1 is 0.958 bits per heavy atom. The van der Waals surface area contributed by atoms with Crippen molar-refractivity contribution in [3.8, 4) is 16.9 Å². The molecule has 0 amide bonds. The summed E-state index contributed by atoms with van der Waals surface area (Å²) in [4.78, 5) is 0. The third kappa shape index (κ3) is 2.88. The van der Waals surface area contributed by atoms with E-state index in [1.165, 1.54) is 11.1 Å². The lowest BCUT2D eigenvalue weighted by Gasteiger charge is -2.10. The van der Waals surface area contributed by atoms with Gasteiger partial charge in [-0.3, -0.25) is 0 Å². The highest BCUT2D eigenvalue weighted by atomic mass is 79.9. The van der Waals surface area contributed by atoms with Crippen LogP contribution in [0.5, 0.6) is 5.75 Å². The monoisotopic (exact) mass is 380 g/mol. The van der Waals surface area contributed by atoms with Gasteiger partial charge in [0, 0.05) is 0 Å². The predicted octanol–water partition coefficient (Wildman–Crippen LogP) is 4.36. The Bertz CT molecular complexity index is 971. The van der Waals surface area contributed by atoms with Gasteiger partial charge in [-0.2, -0.15) is 5.21 Å². The van der Waals surface area contributed by atoms with E-state index in [1.807, 2.05) is 24.3 Å². The summed E-state index contributed by atoms with van der Waals surface area (Å²) >= 11 is 3.64. The van der Waals surface area contributed by atoms with Gasteiger partial charge in [0.2, 0.25) is 5.82 Å². The fourth-order valence-corrected chi connectivity index (χ4v) is 3.19. The molecule has 0 unspecified atom stereocenters. The maximum atomic E-state index is 5.77. The molecular weight excluding hydrogens is 368 g/mol. The zero-order valence-electron chi connectivity index (χ0n) is 12.6. The van der Waals surface area contributed by atoms with Crippen molar-refractivity contribution in [1.82, 2.24) is 20.6 Å². The third-order valence-electron chi connectivity index (χ3n) is 3.77. The number of ether oxygens (including phenoxy) is 1. The van der Waals surface area contributed by atoms with Crippen LogP contribution in [0.25, 0.3) is 21.9 Å². The fourth-order valence-electron chi connectivity index (χ4n) is 2.58. The average molecular weight is 381 g/mol. The molecule has 0 spiro atoms. The van der Waals surface area contributed by atoms with Crippen LogP contribution >= 0.6 is 15.9 Å². The molecule has 0 radical (unpaired) electrons. The molecule has 0 bridgehead atoms. The van der Waals surface area contributed by atoms with Crippen molar-refractivity contribution in [1.29, 1.82) is 0 Å². The molecule has 3 aromatic carbocycles. The molecule has 0 saturated carbocycles. The van der Waals surface area contributed by atoms with Crippen LogP contribution in [0, 0.1) is 0 Å². The first-order valence-corrected chi connectivity index (χ1v) is 8.23. The molecule has 1 aromatic heterocycles. The van der Waals surface area contributed by atoms with Crippen molar-refractivity contribution in [2.24, 2.45) is 0 Å². The van der Waals surface area contributed by atoms with E-state index in [9.17, 15) is 0 Å². The van der Waals surface area contributed by atoms with Gasteiger partial charge in [0.15, 0.2) is 6.61 Å². The van der Waals surface area contributed by atoms with Gasteiger partial charge in [0.05, 0.1) is 4.47 Å². The first kappa shape index (κ1) is 14.8. The molecule has 0 aliphatic rings. The van der Waals surface area contributed by atoms with E-state index in [0.29, 0.717) is 5.82 Å². The lowest BCUT2D eigenvalue weighted by molar-refractivity contribution is 0.294. The van der Waals surface area contributed by atoms with E-state index in [-0.39, 0.29) is 6.61 Å². The molecule has 0 atom stereocenters. The lowest BCUT2D eigenvalue weighted by Crippen LogP contribution is -1.98. The Labute approximate surface area is 146 Å². The molecule has 0 fully saturated rings. The molecular formula is C18H13BrN4O. The molecule has 4 aromatic rings. The topological polar surface area (TPSA) is 63.7 Å². The number of H-pyrrole nitrogens is 1. The molecule has 5 nitrogen and oxygen atoms in total. The van der Waals surface area contributed by atoms with Crippen LogP contribution in [0.1, 0.15) is 5.82 Å². The van der Waals surface area contributed by atoms with Gasteiger partial charge < -0.3 is 4.74 Å². The number of nitrogens with one attached hydrogen (secondary N) is 1. The molecule has 4 rings (SSSR count). The van der Waals surface area contributed by atoms with Gasteiger partial charge in [-0.25, -0.2) is 0 Å². The molecule has 6 heteroatoms. The van der Waals surface area contributed by atoms with Gasteiger partial charge in [-0.15, -0.1) is 10.2 Å². The van der Waals surface area contributed by atoms with Crippen molar-refractivity contribution < 1.29 is 4.74 Å². The molecule has 0 aliphatic carbocycles. The van der Waals surface area contributed by atoms with E-state index in [2.05, 4.69) is 73.0 Å². The predicted molar refractivity (Wildman–Crippen MR) is 95.6 cm³/mol. The second-order valence-corrected chi connectivity index (χ2v) is 6.09. The zero-order chi connectivity index (χ0) is 16.4. The summed E-state index contributed by atoms with van der Waals surface area (Å²) in [6, 6.07) is 20.7. The number of nitrogens with zero attached hydrogens (tertiary/aromatic N) is 3. The summed E-state index contributed by atoms with van der Waals surface area (Å²) in [6.07, 6.45) is 0. The number of rotatable bonds is 4. The van der Waals surface area contributed by atoms with E-state index in [1.54, 1.807) is 0 Å². The van der Waals surface area contributed by atoms with Crippen LogP contribution in [0.3, 0.4) is 0 Å². The smallest absolute Gasteiger partial charge is 0.211 e. The van der Waals surface area contributed by atoms with Crippen molar-refractivity contribution in [3.63, 3.8) is 0 Å². The SMILES string of the molecule is Brc1c(OCc2nn[nH]n2)ccc2cc(-c3ccccc3)ccc12. The number of benzene rings is 3. The number of halogens is 1. The van der Waals surface area contributed by atoms with Gasteiger partial charge >= 0.3 is 0 Å². The highest BCUT2D eigenvalue weighted by molar-refractivity contribution is 9.10. The van der Waals surface area contributed by atoms with Crippen LogP contribution in [-0.4, -0.2) is 20.6 Å². The second-order valence-electron chi connectivity index (χ2n) is 5.30. The van der Waals surface area contributed by atoms with E-state index < -0.39 is 0 Å². The third-order valence-corrected chi connectivity index (χ3v) is 4.59. The normalized spacial score (nSPS) is 10.9. The van der Waals surface area contributed by atoms with Crippen molar-refractivity contribution in [2.75, 3.05) is 0 Å². The van der Waals surface area contributed by atoms with Gasteiger partial charge in [0.1, 0.15) is 5.75 Å². The number of fused-ring (bicyclic) bond motifs is 1. The Kier molecular flexibility index (Phi) is 3.96. The lowest BCUT2D eigenvalue weighted by atomic mass is 10.0. The highest BCUT2D eigenvalue weighted by Gasteiger charge is 2.09. The van der Waals surface area contributed by atoms with Crippen LogP contribution in [-0.2, 0) is 6.61 Å². The van der Waals surface area contributed by atoms with Crippen molar-refractivity contribution in [3.05, 3.63) is 71.0 Å². The zero-order valence-corrected chi connectivity index (χ0v) is 14.2. The first-order chi connectivity index (χ1) is 11.8. The Hall–Kier alpha value is -2.73. The standard InChI is InChI=1S/C18H13BrN4O/c19-18-15-8-6-13(12-4-2-1-3-5-12)10-14(15)7-9-16(18)24-11-17-20-22-23-21-17/h1-10H,11H2,(H,20,21,22,23). The van der Waals surface area contributed by atoms with E-state index in [4.69, 9.17) is 4.74 Å². The Morgan fingerprint density at radius 2 is 1.83 bits per heavy atom. The van der Waals surface area contributed by atoms with Crippen LogP contribution in [0.15, 0.2) is 65.1 Å². The number of aromatic amines is 1. The van der Waals surface area contributed by atoms with E-state index in [0.717, 1.165) is 21.0 Å². The summed E-state index contributed by atoms with van der Waals surface area (Å²) < 4.78 is 6.69. The maximum Gasteiger partial charge on any atom is 0.211 e. The van der Waals surface area contributed by atoms with Gasteiger partial charge in [-0.05, 0) is 50.0 Å². The summed E-state index contributed by atoms with van der Waals surface area (Å²) in [5.74, 6) is 1.26. The number of tetrazole rings is 1. The summed E-state index contributed by atoms with van der Waals surface area (Å²) in [5, 5.41) is 15.9. The minimum atomic E-state index is 0.267. The van der Waals surface area contributed by atoms with Gasteiger partial charge in [0.25, 0.3) is 0 Å². The minimum Gasteiger partial charge on any atom is -0.484 e. The van der Waals surface area contributed by atoms with Crippen LogP contribution < -0.4 is 4.74 Å². The average Bonchev–Trinajstić information content (AvgIpc) is 3.15. The Balaban J connectivity index is 1.66. The minimum absolute atomic E-state index is 0.267. The summed E-state index contributed by atoms with van der Waals surface area (Å²) in [7, 11) is 0. The van der Waals surface area contributed by atoms with Gasteiger partial charge in [-0.1, -0.05) is 53.7 Å². The molecule has 0 aliphatic heterocycles. The summed E-state index contributed by atoms with van der Waals surface area (Å²) in [6.45, 7) is 0.267. The quantitative estimate of drug-likeness (QED) is 0.571. The van der Waals surface area contributed by atoms with Crippen LogP contribution in [0.2, 0.25) is 0 Å². The van der Waals surface area contributed by atoms with Crippen molar-refractivity contribution >= 4 is 26.7 Å². The van der Waals surface area contributed by atoms with Crippen molar-refractivity contribution in [2.45, 2.75) is 6.61 Å². The summed E-state index contributed by atoms with van der Waals surface area (Å²) in [5.41, 5.74) is 2.39. The number of hydrogen-bond acceptors (Lipinski definition) is 4. The molecule has 24 heavy (non-hydrogen) atoms. The second kappa shape index (κ2) is 6.41. The molecule has 118 valence electrons. The number of hydrogen-bond donors (Lipinski definition) is 1. The highest BCUT2D eigenvalue weighted by Crippen LogP contribution is 2.35. The molecule has 1 heterocycles. The largest absolute Gasteiger partial charge is 0.484 e. The molecule has 1 N–H and O–H groups in total. The first-order valence-electron chi connectivity index (χ1n) is 7.44. The number of aromatic nitrogens is 4. The van der Waals surface area contributed by atoms with E-state index >= 15 is 0 Å². The molecule has 0 saturated heterocycles. The van der Waals surface area contributed by atoms with Crippen LogP contribution in [0.4, 0.5) is 0 Å². The fraction of sp³-hybridized carbons (Fsp3) is 0.0556. The maximum absolute atomic E-state index is 5.77.